The normalized spacial score (nSPS) is 12.6. The second-order valence-electron chi connectivity index (χ2n) is 5.64. The van der Waals surface area contributed by atoms with E-state index in [9.17, 15) is 18.0 Å². The van der Waals surface area contributed by atoms with Gasteiger partial charge in [-0.15, -0.1) is 0 Å². The highest BCUT2D eigenvalue weighted by Crippen LogP contribution is 2.29. The van der Waals surface area contributed by atoms with Gasteiger partial charge in [0.2, 0.25) is 0 Å². The van der Waals surface area contributed by atoms with Crippen molar-refractivity contribution >= 4 is 16.7 Å². The van der Waals surface area contributed by atoms with Gasteiger partial charge < -0.3 is 10.3 Å². The molecule has 0 bridgehead atoms. The molecule has 2 N–H and O–H groups in total. The maximum absolute atomic E-state index is 14.3. The third kappa shape index (κ3) is 3.07. The fraction of sp³-hybridized carbons (Fsp3) is 0.235. The van der Waals surface area contributed by atoms with Crippen molar-refractivity contribution in [3.05, 3.63) is 63.6 Å². The quantitative estimate of drug-likeness (QED) is 0.751. The third-order valence-electron chi connectivity index (χ3n) is 4.04. The van der Waals surface area contributed by atoms with Crippen LogP contribution in [0.2, 0.25) is 0 Å². The second kappa shape index (κ2) is 6.54. The molecule has 0 radical (unpaired) electrons. The SMILES string of the molecule is Cc1c(=O)[nH]cc2c(NC(C)c3cccc(C(F)F)c3F)ncnc12. The minimum Gasteiger partial charge on any atom is -0.363 e. The van der Waals surface area contributed by atoms with Crippen LogP contribution >= 0.6 is 0 Å². The molecule has 0 saturated carbocycles. The maximum Gasteiger partial charge on any atom is 0.266 e. The highest BCUT2D eigenvalue weighted by molar-refractivity contribution is 5.90. The molecule has 0 amide bonds. The lowest BCUT2D eigenvalue weighted by Crippen LogP contribution is -2.14. The summed E-state index contributed by atoms with van der Waals surface area (Å²) in [4.78, 5) is 22.5. The monoisotopic (exact) mass is 348 g/mol. The Bertz CT molecular complexity index is 987. The zero-order valence-corrected chi connectivity index (χ0v) is 13.5. The zero-order chi connectivity index (χ0) is 18.1. The summed E-state index contributed by atoms with van der Waals surface area (Å²) in [7, 11) is 0. The smallest absolute Gasteiger partial charge is 0.266 e. The summed E-state index contributed by atoms with van der Waals surface area (Å²) < 4.78 is 40.1. The lowest BCUT2D eigenvalue weighted by molar-refractivity contribution is 0.146. The van der Waals surface area contributed by atoms with Gasteiger partial charge in [-0.2, -0.15) is 0 Å². The fourth-order valence-corrected chi connectivity index (χ4v) is 2.65. The number of hydrogen-bond donors (Lipinski definition) is 2. The van der Waals surface area contributed by atoms with E-state index >= 15 is 0 Å². The van der Waals surface area contributed by atoms with Crippen LogP contribution in [0.15, 0.2) is 35.5 Å². The molecule has 3 aromatic rings. The molecular formula is C17H15F3N4O. The van der Waals surface area contributed by atoms with E-state index in [2.05, 4.69) is 20.3 Å². The minimum absolute atomic E-state index is 0.103. The number of pyridine rings is 1. The number of hydrogen-bond acceptors (Lipinski definition) is 4. The number of anilines is 1. The van der Waals surface area contributed by atoms with Crippen LogP contribution in [0.3, 0.4) is 0 Å². The number of nitrogens with one attached hydrogen (secondary N) is 2. The van der Waals surface area contributed by atoms with Gasteiger partial charge in [0.05, 0.1) is 22.5 Å². The van der Waals surface area contributed by atoms with Gasteiger partial charge in [0.1, 0.15) is 18.0 Å². The van der Waals surface area contributed by atoms with Crippen LogP contribution in [0.5, 0.6) is 0 Å². The van der Waals surface area contributed by atoms with E-state index in [0.29, 0.717) is 22.3 Å². The first kappa shape index (κ1) is 16.9. The first-order valence-corrected chi connectivity index (χ1v) is 7.56. The van der Waals surface area contributed by atoms with Crippen LogP contribution in [0.25, 0.3) is 10.9 Å². The van der Waals surface area contributed by atoms with Crippen molar-refractivity contribution < 1.29 is 13.2 Å². The Morgan fingerprint density at radius 2 is 1.92 bits per heavy atom. The molecule has 0 spiro atoms. The summed E-state index contributed by atoms with van der Waals surface area (Å²) in [5, 5.41) is 3.55. The van der Waals surface area contributed by atoms with Crippen molar-refractivity contribution in [1.82, 2.24) is 15.0 Å². The molecule has 2 heterocycles. The van der Waals surface area contributed by atoms with Crippen LogP contribution < -0.4 is 10.9 Å². The minimum atomic E-state index is -2.89. The Morgan fingerprint density at radius 1 is 1.20 bits per heavy atom. The first-order chi connectivity index (χ1) is 11.9. The summed E-state index contributed by atoms with van der Waals surface area (Å²) >= 11 is 0. The van der Waals surface area contributed by atoms with E-state index in [1.165, 1.54) is 24.7 Å². The molecular weight excluding hydrogens is 333 g/mol. The highest BCUT2D eigenvalue weighted by atomic mass is 19.3. The van der Waals surface area contributed by atoms with Crippen molar-refractivity contribution in [3.63, 3.8) is 0 Å². The second-order valence-corrected chi connectivity index (χ2v) is 5.64. The van der Waals surface area contributed by atoms with Crippen LogP contribution in [0.1, 0.15) is 36.1 Å². The Kier molecular flexibility index (Phi) is 4.43. The van der Waals surface area contributed by atoms with E-state index in [4.69, 9.17) is 0 Å². The number of rotatable bonds is 4. The van der Waals surface area contributed by atoms with Gasteiger partial charge in [-0.05, 0) is 13.8 Å². The number of alkyl halides is 2. The first-order valence-electron chi connectivity index (χ1n) is 7.56. The molecule has 1 unspecified atom stereocenters. The Labute approximate surface area is 140 Å². The molecule has 0 aliphatic rings. The average Bonchev–Trinajstić information content (AvgIpc) is 2.58. The van der Waals surface area contributed by atoms with Crippen molar-refractivity contribution in [2.45, 2.75) is 26.3 Å². The molecule has 0 aliphatic heterocycles. The average molecular weight is 348 g/mol. The van der Waals surface area contributed by atoms with Crippen LogP contribution in [-0.2, 0) is 0 Å². The summed E-state index contributed by atoms with van der Waals surface area (Å²) in [6, 6.07) is 3.27. The van der Waals surface area contributed by atoms with Gasteiger partial charge in [-0.3, -0.25) is 4.79 Å². The van der Waals surface area contributed by atoms with Gasteiger partial charge in [-0.1, -0.05) is 18.2 Å². The molecule has 1 atom stereocenters. The van der Waals surface area contributed by atoms with Gasteiger partial charge in [0.25, 0.3) is 12.0 Å². The lowest BCUT2D eigenvalue weighted by Gasteiger charge is -2.18. The maximum atomic E-state index is 14.3. The molecule has 130 valence electrons. The lowest BCUT2D eigenvalue weighted by atomic mass is 10.0. The third-order valence-corrected chi connectivity index (χ3v) is 4.04. The topological polar surface area (TPSA) is 70.7 Å². The number of aromatic amines is 1. The fourth-order valence-electron chi connectivity index (χ4n) is 2.65. The van der Waals surface area contributed by atoms with E-state index in [1.807, 2.05) is 0 Å². The highest BCUT2D eigenvalue weighted by Gasteiger charge is 2.20. The van der Waals surface area contributed by atoms with Gasteiger partial charge >= 0.3 is 0 Å². The summed E-state index contributed by atoms with van der Waals surface area (Å²) in [6.45, 7) is 3.27. The van der Waals surface area contributed by atoms with Crippen molar-refractivity contribution in [3.8, 4) is 0 Å². The Morgan fingerprint density at radius 3 is 2.64 bits per heavy atom. The molecule has 8 heteroatoms. The molecule has 3 rings (SSSR count). The van der Waals surface area contributed by atoms with Crippen molar-refractivity contribution in [1.29, 1.82) is 0 Å². The predicted molar refractivity (Wildman–Crippen MR) is 88.3 cm³/mol. The number of halogens is 3. The predicted octanol–water partition coefficient (Wildman–Crippen LogP) is 3.88. The Balaban J connectivity index is 2.01. The molecule has 2 aromatic heterocycles. The van der Waals surface area contributed by atoms with E-state index in [0.717, 1.165) is 6.07 Å². The number of fused-ring (bicyclic) bond motifs is 1. The van der Waals surface area contributed by atoms with E-state index in [-0.39, 0.29) is 11.1 Å². The molecule has 0 fully saturated rings. The Hall–Kier alpha value is -2.90. The van der Waals surface area contributed by atoms with E-state index in [1.54, 1.807) is 13.8 Å². The zero-order valence-electron chi connectivity index (χ0n) is 13.5. The number of benzene rings is 1. The molecule has 5 nitrogen and oxygen atoms in total. The summed E-state index contributed by atoms with van der Waals surface area (Å²) in [5.41, 5.74) is 0.0993. The van der Waals surface area contributed by atoms with Crippen LogP contribution in [-0.4, -0.2) is 15.0 Å². The number of nitrogens with zero attached hydrogens (tertiary/aromatic N) is 2. The van der Waals surface area contributed by atoms with E-state index < -0.39 is 23.8 Å². The standard InChI is InChI=1S/C17H15F3N4O/c1-8-14-12(6-21-17(8)25)16(23-7-22-14)24-9(2)10-4-3-5-11(13(10)18)15(19)20/h3-7,9,15H,1-2H3,(H,21,25)(H,22,23,24). The van der Waals surface area contributed by atoms with Crippen molar-refractivity contribution in [2.24, 2.45) is 0 Å². The van der Waals surface area contributed by atoms with Gasteiger partial charge in [0, 0.05) is 17.3 Å². The van der Waals surface area contributed by atoms with Gasteiger partial charge in [0.15, 0.2) is 0 Å². The molecule has 0 aliphatic carbocycles. The number of aryl methyl sites for hydroxylation is 1. The molecule has 0 saturated heterocycles. The summed E-state index contributed by atoms with van der Waals surface area (Å²) in [5.74, 6) is -0.570. The van der Waals surface area contributed by atoms with Gasteiger partial charge in [-0.25, -0.2) is 23.1 Å². The largest absolute Gasteiger partial charge is 0.363 e. The van der Waals surface area contributed by atoms with Crippen LogP contribution in [0.4, 0.5) is 19.0 Å². The number of aromatic nitrogens is 3. The molecule has 1 aromatic carbocycles. The van der Waals surface area contributed by atoms with Crippen molar-refractivity contribution in [2.75, 3.05) is 5.32 Å². The van der Waals surface area contributed by atoms with Crippen LogP contribution in [0, 0.1) is 12.7 Å². The summed E-state index contributed by atoms with van der Waals surface area (Å²) in [6.07, 6.45) is -0.138. The molecule has 25 heavy (non-hydrogen) atoms. The number of H-pyrrole nitrogens is 1.